The Morgan fingerprint density at radius 1 is 1.27 bits per heavy atom. The predicted octanol–water partition coefficient (Wildman–Crippen LogP) is 2.26. The molecule has 2 aromatic rings. The zero-order chi connectivity index (χ0) is 18.4. The highest BCUT2D eigenvalue weighted by atomic mass is 16.5. The number of aliphatic hydroxyl groups excluding tert-OH is 1. The standard InChI is InChI=1S/C20H25N3O3/c1-15-5-2-3-7-18(15)26-20-16(6-4-10-21-20)13-22-19(25)14-23-11-8-17(24)9-12-23/h2-7,10,17,24H,8-9,11-14H2,1H3,(H,22,25). The predicted molar refractivity (Wildman–Crippen MR) is 99.0 cm³/mol. The number of piperidine rings is 1. The highest BCUT2D eigenvalue weighted by molar-refractivity contribution is 5.78. The van der Waals surface area contributed by atoms with Crippen LogP contribution >= 0.6 is 0 Å². The summed E-state index contributed by atoms with van der Waals surface area (Å²) in [5.74, 6) is 1.22. The Morgan fingerprint density at radius 3 is 2.81 bits per heavy atom. The lowest BCUT2D eigenvalue weighted by Gasteiger charge is -2.28. The van der Waals surface area contributed by atoms with Gasteiger partial charge in [0.1, 0.15) is 5.75 Å². The van der Waals surface area contributed by atoms with Crippen LogP contribution in [0.4, 0.5) is 0 Å². The van der Waals surface area contributed by atoms with Crippen LogP contribution in [0.5, 0.6) is 11.6 Å². The molecule has 0 atom stereocenters. The Kier molecular flexibility index (Phi) is 6.20. The summed E-state index contributed by atoms with van der Waals surface area (Å²) in [4.78, 5) is 18.6. The van der Waals surface area contributed by atoms with E-state index >= 15 is 0 Å². The number of aromatic nitrogens is 1. The molecule has 138 valence electrons. The Balaban J connectivity index is 1.56. The van der Waals surface area contributed by atoms with Crippen LogP contribution in [0.1, 0.15) is 24.0 Å². The number of likely N-dealkylation sites (tertiary alicyclic amines) is 1. The summed E-state index contributed by atoms with van der Waals surface area (Å²) in [5, 5.41) is 12.5. The van der Waals surface area contributed by atoms with Gasteiger partial charge >= 0.3 is 0 Å². The summed E-state index contributed by atoms with van der Waals surface area (Å²) in [6, 6.07) is 11.5. The number of amides is 1. The molecule has 1 aromatic carbocycles. The van der Waals surface area contributed by atoms with Gasteiger partial charge in [-0.2, -0.15) is 0 Å². The van der Waals surface area contributed by atoms with Crippen molar-refractivity contribution < 1.29 is 14.6 Å². The molecule has 0 spiro atoms. The lowest BCUT2D eigenvalue weighted by atomic mass is 10.1. The van der Waals surface area contributed by atoms with Crippen molar-refractivity contribution in [1.29, 1.82) is 0 Å². The van der Waals surface area contributed by atoms with E-state index < -0.39 is 0 Å². The summed E-state index contributed by atoms with van der Waals surface area (Å²) in [5.41, 5.74) is 1.86. The second-order valence-electron chi connectivity index (χ2n) is 6.62. The first-order valence-corrected chi connectivity index (χ1v) is 8.96. The number of ether oxygens (including phenoxy) is 1. The maximum absolute atomic E-state index is 12.2. The Labute approximate surface area is 153 Å². The smallest absolute Gasteiger partial charge is 0.234 e. The molecule has 6 nitrogen and oxygen atoms in total. The van der Waals surface area contributed by atoms with Gasteiger partial charge in [-0.25, -0.2) is 4.98 Å². The van der Waals surface area contributed by atoms with Crippen molar-refractivity contribution in [3.63, 3.8) is 0 Å². The fourth-order valence-electron chi connectivity index (χ4n) is 2.96. The molecular formula is C20H25N3O3. The van der Waals surface area contributed by atoms with Gasteiger partial charge < -0.3 is 15.2 Å². The van der Waals surface area contributed by atoms with Gasteiger partial charge in [0.05, 0.1) is 12.6 Å². The Hall–Kier alpha value is -2.44. The molecule has 0 aliphatic carbocycles. The zero-order valence-corrected chi connectivity index (χ0v) is 15.0. The SMILES string of the molecule is Cc1ccccc1Oc1ncccc1CNC(=O)CN1CCC(O)CC1. The lowest BCUT2D eigenvalue weighted by molar-refractivity contribution is -0.123. The molecule has 1 aliphatic rings. The van der Waals surface area contributed by atoms with Crippen molar-refractivity contribution in [2.75, 3.05) is 19.6 Å². The largest absolute Gasteiger partial charge is 0.438 e. The van der Waals surface area contributed by atoms with Crippen LogP contribution in [0.15, 0.2) is 42.6 Å². The van der Waals surface area contributed by atoms with Gasteiger partial charge in [0.25, 0.3) is 0 Å². The molecule has 1 aromatic heterocycles. The van der Waals surface area contributed by atoms with Crippen molar-refractivity contribution in [3.8, 4) is 11.6 Å². The molecule has 1 saturated heterocycles. The van der Waals surface area contributed by atoms with E-state index in [1.54, 1.807) is 6.20 Å². The van der Waals surface area contributed by atoms with Crippen LogP contribution in [0, 0.1) is 6.92 Å². The van der Waals surface area contributed by atoms with Gasteiger partial charge in [0.15, 0.2) is 0 Å². The van der Waals surface area contributed by atoms with E-state index in [4.69, 9.17) is 4.74 Å². The van der Waals surface area contributed by atoms with Crippen LogP contribution in [0.25, 0.3) is 0 Å². The van der Waals surface area contributed by atoms with E-state index in [9.17, 15) is 9.90 Å². The molecule has 2 N–H and O–H groups in total. The fourth-order valence-corrected chi connectivity index (χ4v) is 2.96. The summed E-state index contributed by atoms with van der Waals surface area (Å²) in [7, 11) is 0. The molecular weight excluding hydrogens is 330 g/mol. The molecule has 1 amide bonds. The first kappa shape index (κ1) is 18.4. The van der Waals surface area contributed by atoms with Gasteiger partial charge in [-0.1, -0.05) is 24.3 Å². The zero-order valence-electron chi connectivity index (χ0n) is 15.0. The normalized spacial score (nSPS) is 15.6. The molecule has 6 heteroatoms. The number of para-hydroxylation sites is 1. The molecule has 2 heterocycles. The number of pyridine rings is 1. The Morgan fingerprint density at radius 2 is 2.04 bits per heavy atom. The third-order valence-electron chi connectivity index (χ3n) is 4.55. The molecule has 1 fully saturated rings. The van der Waals surface area contributed by atoms with Crippen LogP contribution in [0.3, 0.4) is 0 Å². The van der Waals surface area contributed by atoms with Crippen LogP contribution < -0.4 is 10.1 Å². The molecule has 1 aliphatic heterocycles. The van der Waals surface area contributed by atoms with Crippen LogP contribution in [0.2, 0.25) is 0 Å². The maximum atomic E-state index is 12.2. The van der Waals surface area contributed by atoms with E-state index in [0.29, 0.717) is 19.0 Å². The number of benzene rings is 1. The van der Waals surface area contributed by atoms with Crippen molar-refractivity contribution in [3.05, 3.63) is 53.7 Å². The number of carbonyl (C=O) groups excluding carboxylic acids is 1. The second kappa shape index (κ2) is 8.78. The quantitative estimate of drug-likeness (QED) is 0.831. The number of hydrogen-bond acceptors (Lipinski definition) is 5. The number of carbonyl (C=O) groups is 1. The molecule has 3 rings (SSSR count). The van der Waals surface area contributed by atoms with Gasteiger partial charge in [-0.15, -0.1) is 0 Å². The van der Waals surface area contributed by atoms with Gasteiger partial charge in [0, 0.05) is 31.4 Å². The highest BCUT2D eigenvalue weighted by Crippen LogP contribution is 2.25. The van der Waals surface area contributed by atoms with Crippen molar-refractivity contribution in [2.24, 2.45) is 0 Å². The van der Waals surface area contributed by atoms with E-state index in [1.165, 1.54) is 0 Å². The van der Waals surface area contributed by atoms with Crippen molar-refractivity contribution in [2.45, 2.75) is 32.4 Å². The van der Waals surface area contributed by atoms with Crippen molar-refractivity contribution >= 4 is 5.91 Å². The minimum absolute atomic E-state index is 0.0351. The first-order valence-electron chi connectivity index (χ1n) is 8.96. The van der Waals surface area contributed by atoms with E-state index in [-0.39, 0.29) is 12.0 Å². The summed E-state index contributed by atoms with van der Waals surface area (Å²) >= 11 is 0. The number of rotatable bonds is 6. The Bertz CT molecular complexity index is 743. The highest BCUT2D eigenvalue weighted by Gasteiger charge is 2.19. The van der Waals surface area contributed by atoms with E-state index in [2.05, 4.69) is 15.2 Å². The monoisotopic (exact) mass is 355 g/mol. The topological polar surface area (TPSA) is 74.7 Å². The van der Waals surface area contributed by atoms with E-state index in [0.717, 1.165) is 42.8 Å². The molecule has 0 bridgehead atoms. The number of hydrogen-bond donors (Lipinski definition) is 2. The maximum Gasteiger partial charge on any atom is 0.234 e. The summed E-state index contributed by atoms with van der Waals surface area (Å²) < 4.78 is 5.93. The lowest BCUT2D eigenvalue weighted by Crippen LogP contribution is -2.42. The summed E-state index contributed by atoms with van der Waals surface area (Å²) in [6.45, 7) is 4.20. The van der Waals surface area contributed by atoms with Crippen molar-refractivity contribution in [1.82, 2.24) is 15.2 Å². The number of aliphatic hydroxyl groups is 1. The molecule has 0 unspecified atom stereocenters. The first-order chi connectivity index (χ1) is 12.6. The second-order valence-corrected chi connectivity index (χ2v) is 6.62. The number of aryl methyl sites for hydroxylation is 1. The third-order valence-corrected chi connectivity index (χ3v) is 4.55. The van der Waals surface area contributed by atoms with Crippen LogP contribution in [-0.4, -0.2) is 46.6 Å². The van der Waals surface area contributed by atoms with Crippen LogP contribution in [-0.2, 0) is 11.3 Å². The average Bonchev–Trinajstić information content (AvgIpc) is 2.65. The summed E-state index contributed by atoms with van der Waals surface area (Å²) in [6.07, 6.45) is 2.90. The number of nitrogens with zero attached hydrogens (tertiary/aromatic N) is 2. The fraction of sp³-hybridized carbons (Fsp3) is 0.400. The van der Waals surface area contributed by atoms with Gasteiger partial charge in [-0.05, 0) is 37.5 Å². The third kappa shape index (κ3) is 5.03. The number of nitrogens with one attached hydrogen (secondary N) is 1. The van der Waals surface area contributed by atoms with Gasteiger partial charge in [-0.3, -0.25) is 9.69 Å². The van der Waals surface area contributed by atoms with E-state index in [1.807, 2.05) is 43.3 Å². The molecule has 0 radical (unpaired) electrons. The molecule has 0 saturated carbocycles. The minimum Gasteiger partial charge on any atom is -0.438 e. The van der Waals surface area contributed by atoms with Gasteiger partial charge in [0.2, 0.25) is 11.8 Å². The minimum atomic E-state index is -0.231. The molecule has 26 heavy (non-hydrogen) atoms. The average molecular weight is 355 g/mol.